The van der Waals surface area contributed by atoms with Crippen molar-refractivity contribution < 1.29 is 4.42 Å². The summed E-state index contributed by atoms with van der Waals surface area (Å²) in [5.74, 6) is 1.97. The molecule has 0 amide bonds. The molecule has 0 saturated carbocycles. The lowest BCUT2D eigenvalue weighted by Crippen LogP contribution is -2.23. The fourth-order valence-electron chi connectivity index (χ4n) is 3.39. The molecule has 9 heteroatoms. The van der Waals surface area contributed by atoms with Gasteiger partial charge >= 0.3 is 0 Å². The van der Waals surface area contributed by atoms with Crippen LogP contribution < -0.4 is 5.56 Å². The average Bonchev–Trinajstić information content (AvgIpc) is 3.43. The highest BCUT2D eigenvalue weighted by atomic mass is 32.2. The van der Waals surface area contributed by atoms with Crippen LogP contribution in [0.1, 0.15) is 19.2 Å². The van der Waals surface area contributed by atoms with Crippen molar-refractivity contribution in [3.63, 3.8) is 0 Å². The topological polar surface area (TPSA) is 91.1 Å². The molecule has 0 aliphatic rings. The molecule has 0 saturated heterocycles. The van der Waals surface area contributed by atoms with E-state index in [1.165, 1.54) is 11.8 Å². The third-order valence-corrected chi connectivity index (χ3v) is 5.65. The quantitative estimate of drug-likeness (QED) is 0.387. The summed E-state index contributed by atoms with van der Waals surface area (Å²) in [5.41, 5.74) is 1.62. The van der Waals surface area contributed by atoms with E-state index in [1.54, 1.807) is 4.57 Å². The maximum Gasteiger partial charge on any atom is 0.262 e. The van der Waals surface area contributed by atoms with Gasteiger partial charge in [0.1, 0.15) is 0 Å². The van der Waals surface area contributed by atoms with Crippen molar-refractivity contribution in [1.82, 2.24) is 29.4 Å². The van der Waals surface area contributed by atoms with Gasteiger partial charge in [0.2, 0.25) is 17.6 Å². The SMILES string of the molecule is CCCn1c(=O)c2ccccc2n2c(SCc3nnc(-c4ccccc4)o3)nnc12. The van der Waals surface area contributed by atoms with Crippen molar-refractivity contribution in [1.29, 1.82) is 0 Å². The van der Waals surface area contributed by atoms with E-state index >= 15 is 0 Å². The summed E-state index contributed by atoms with van der Waals surface area (Å²) in [4.78, 5) is 12.9. The molecule has 0 N–H and O–H groups in total. The average molecular weight is 418 g/mol. The largest absolute Gasteiger partial charge is 0.420 e. The van der Waals surface area contributed by atoms with E-state index in [4.69, 9.17) is 4.42 Å². The summed E-state index contributed by atoms with van der Waals surface area (Å²) < 4.78 is 9.40. The van der Waals surface area contributed by atoms with Crippen LogP contribution >= 0.6 is 11.8 Å². The van der Waals surface area contributed by atoms with Gasteiger partial charge in [-0.25, -0.2) is 0 Å². The van der Waals surface area contributed by atoms with Crippen LogP contribution in [0.3, 0.4) is 0 Å². The molecule has 5 rings (SSSR count). The summed E-state index contributed by atoms with van der Waals surface area (Å²) in [6.07, 6.45) is 0.827. The molecule has 0 bridgehead atoms. The Kier molecular flexibility index (Phi) is 4.80. The minimum Gasteiger partial charge on any atom is -0.420 e. The molecule has 30 heavy (non-hydrogen) atoms. The molecule has 0 spiro atoms. The molecule has 0 unspecified atom stereocenters. The van der Waals surface area contributed by atoms with E-state index in [0.717, 1.165) is 17.5 Å². The van der Waals surface area contributed by atoms with Gasteiger partial charge in [-0.2, -0.15) is 0 Å². The van der Waals surface area contributed by atoms with Crippen LogP contribution in [0, 0.1) is 0 Å². The van der Waals surface area contributed by atoms with Crippen molar-refractivity contribution in [2.75, 3.05) is 0 Å². The molecule has 0 fully saturated rings. The number of nitrogens with zero attached hydrogens (tertiary/aromatic N) is 6. The first-order valence-corrected chi connectivity index (χ1v) is 10.6. The third-order valence-electron chi connectivity index (χ3n) is 4.74. The number of fused-ring (bicyclic) bond motifs is 3. The van der Waals surface area contributed by atoms with Gasteiger partial charge < -0.3 is 4.42 Å². The number of hydrogen-bond acceptors (Lipinski definition) is 7. The molecule has 150 valence electrons. The fraction of sp³-hybridized carbons (Fsp3) is 0.190. The lowest BCUT2D eigenvalue weighted by molar-refractivity contribution is 0.528. The van der Waals surface area contributed by atoms with Crippen LogP contribution in [0.2, 0.25) is 0 Å². The summed E-state index contributed by atoms with van der Waals surface area (Å²) in [5, 5.41) is 18.2. The molecular weight excluding hydrogens is 400 g/mol. The van der Waals surface area contributed by atoms with Crippen molar-refractivity contribution in [2.45, 2.75) is 30.8 Å². The Morgan fingerprint density at radius 2 is 1.77 bits per heavy atom. The summed E-state index contributed by atoms with van der Waals surface area (Å²) in [6.45, 7) is 2.62. The molecule has 0 aliphatic heterocycles. The van der Waals surface area contributed by atoms with E-state index in [2.05, 4.69) is 20.4 Å². The molecule has 0 aliphatic carbocycles. The maximum absolute atomic E-state index is 12.9. The lowest BCUT2D eigenvalue weighted by atomic mass is 10.2. The van der Waals surface area contributed by atoms with Crippen LogP contribution in [0.5, 0.6) is 0 Å². The van der Waals surface area contributed by atoms with Gasteiger partial charge in [0.15, 0.2) is 5.16 Å². The van der Waals surface area contributed by atoms with E-state index < -0.39 is 0 Å². The van der Waals surface area contributed by atoms with Gasteiger partial charge in [-0.1, -0.05) is 49.0 Å². The van der Waals surface area contributed by atoms with Crippen LogP contribution in [0.4, 0.5) is 0 Å². The zero-order valence-corrected chi connectivity index (χ0v) is 17.0. The first kappa shape index (κ1) is 18.6. The molecule has 0 atom stereocenters. The maximum atomic E-state index is 12.9. The Hall–Kier alpha value is -3.46. The number of aryl methyl sites for hydroxylation is 1. The monoisotopic (exact) mass is 418 g/mol. The second kappa shape index (κ2) is 7.75. The Balaban J connectivity index is 1.51. The number of para-hydroxylation sites is 1. The fourth-order valence-corrected chi connectivity index (χ4v) is 4.16. The van der Waals surface area contributed by atoms with Gasteiger partial charge in [0.05, 0.1) is 16.7 Å². The Morgan fingerprint density at radius 1 is 0.967 bits per heavy atom. The number of aromatic nitrogens is 6. The van der Waals surface area contributed by atoms with Crippen molar-refractivity contribution in [2.24, 2.45) is 0 Å². The van der Waals surface area contributed by atoms with E-state index in [-0.39, 0.29) is 5.56 Å². The normalized spacial score (nSPS) is 11.5. The standard InChI is InChI=1S/C21H18N6O2S/c1-2-12-26-19(28)15-10-6-7-11-16(15)27-20(26)24-25-21(27)30-13-17-22-23-18(29-17)14-8-4-3-5-9-14/h3-11H,2,12-13H2,1H3. The Bertz CT molecular complexity index is 1390. The third kappa shape index (κ3) is 3.17. The number of rotatable bonds is 6. The number of benzene rings is 2. The Morgan fingerprint density at radius 3 is 2.60 bits per heavy atom. The van der Waals surface area contributed by atoms with Crippen LogP contribution in [0.25, 0.3) is 28.1 Å². The predicted octanol–water partition coefficient (Wildman–Crippen LogP) is 3.80. The first-order chi connectivity index (χ1) is 14.8. The van der Waals surface area contributed by atoms with Crippen molar-refractivity contribution >= 4 is 28.4 Å². The zero-order chi connectivity index (χ0) is 20.5. The highest BCUT2D eigenvalue weighted by Gasteiger charge is 2.17. The summed E-state index contributed by atoms with van der Waals surface area (Å²) in [7, 11) is 0. The first-order valence-electron chi connectivity index (χ1n) is 9.63. The van der Waals surface area contributed by atoms with Crippen LogP contribution in [-0.2, 0) is 12.3 Å². The van der Waals surface area contributed by atoms with Gasteiger partial charge in [-0.3, -0.25) is 13.8 Å². The molecular formula is C21H18N6O2S. The van der Waals surface area contributed by atoms with E-state index in [9.17, 15) is 4.79 Å². The van der Waals surface area contributed by atoms with Gasteiger partial charge in [0.25, 0.3) is 5.56 Å². The van der Waals surface area contributed by atoms with E-state index in [1.807, 2.05) is 65.9 Å². The Labute approximate surface area is 175 Å². The minimum atomic E-state index is -0.0479. The zero-order valence-electron chi connectivity index (χ0n) is 16.2. The second-order valence-corrected chi connectivity index (χ2v) is 7.69. The highest BCUT2D eigenvalue weighted by Crippen LogP contribution is 2.26. The number of thioether (sulfide) groups is 1. The molecule has 8 nitrogen and oxygen atoms in total. The van der Waals surface area contributed by atoms with Crippen LogP contribution in [0.15, 0.2) is 69.0 Å². The minimum absolute atomic E-state index is 0.0479. The summed E-state index contributed by atoms with van der Waals surface area (Å²) in [6, 6.07) is 17.2. The molecule has 3 aromatic heterocycles. The molecule has 2 aromatic carbocycles. The summed E-state index contributed by atoms with van der Waals surface area (Å²) >= 11 is 1.44. The molecule has 3 heterocycles. The highest BCUT2D eigenvalue weighted by molar-refractivity contribution is 7.98. The van der Waals surface area contributed by atoms with Gasteiger partial charge in [-0.05, 0) is 30.7 Å². The van der Waals surface area contributed by atoms with Crippen molar-refractivity contribution in [3.8, 4) is 11.5 Å². The van der Waals surface area contributed by atoms with Gasteiger partial charge in [0, 0.05) is 12.1 Å². The van der Waals surface area contributed by atoms with E-state index in [0.29, 0.717) is 40.4 Å². The molecule has 0 radical (unpaired) electrons. The van der Waals surface area contributed by atoms with Gasteiger partial charge in [-0.15, -0.1) is 20.4 Å². The second-order valence-electron chi connectivity index (χ2n) is 6.75. The number of hydrogen-bond donors (Lipinski definition) is 0. The molecule has 5 aromatic rings. The predicted molar refractivity (Wildman–Crippen MR) is 114 cm³/mol. The van der Waals surface area contributed by atoms with Crippen LogP contribution in [-0.4, -0.2) is 29.4 Å². The van der Waals surface area contributed by atoms with Crippen molar-refractivity contribution in [3.05, 3.63) is 70.8 Å². The smallest absolute Gasteiger partial charge is 0.262 e. The lowest BCUT2D eigenvalue weighted by Gasteiger charge is -2.10.